The maximum absolute atomic E-state index is 8.99. The Labute approximate surface area is 166 Å². The molecule has 2 aromatic carbocycles. The van der Waals surface area contributed by atoms with Gasteiger partial charge >= 0.3 is 0 Å². The van der Waals surface area contributed by atoms with Gasteiger partial charge in [0.05, 0.1) is 41.2 Å². The maximum atomic E-state index is 8.99. The minimum Gasteiger partial charge on any atom is -0.491 e. The van der Waals surface area contributed by atoms with Crippen molar-refractivity contribution in [2.45, 2.75) is 20.3 Å². The van der Waals surface area contributed by atoms with Crippen molar-refractivity contribution in [3.05, 3.63) is 41.6 Å². The molecule has 0 atom stereocenters. The predicted octanol–water partition coefficient (Wildman–Crippen LogP) is 4.16. The number of aliphatic hydroxyl groups excluding tert-OH is 1. The van der Waals surface area contributed by atoms with Crippen LogP contribution in [0, 0.1) is 6.92 Å². The van der Waals surface area contributed by atoms with Crippen LogP contribution in [0.4, 0.5) is 0 Å². The average Bonchev–Trinajstić information content (AvgIpc) is 3.15. The number of thiazole rings is 1. The summed E-state index contributed by atoms with van der Waals surface area (Å²) >= 11 is 1.60. The van der Waals surface area contributed by atoms with Gasteiger partial charge < -0.3 is 14.6 Å². The molecule has 4 rings (SSSR count). The molecule has 28 heavy (non-hydrogen) atoms. The van der Waals surface area contributed by atoms with E-state index in [0.29, 0.717) is 5.88 Å². The number of ether oxygens (including phenoxy) is 2. The van der Waals surface area contributed by atoms with E-state index in [-0.39, 0.29) is 13.2 Å². The van der Waals surface area contributed by atoms with Crippen LogP contribution in [0.15, 0.2) is 30.5 Å². The van der Waals surface area contributed by atoms with Crippen LogP contribution in [0.2, 0.25) is 0 Å². The van der Waals surface area contributed by atoms with E-state index in [4.69, 9.17) is 19.6 Å². The van der Waals surface area contributed by atoms with Crippen molar-refractivity contribution in [3.63, 3.8) is 0 Å². The van der Waals surface area contributed by atoms with Gasteiger partial charge in [-0.25, -0.2) is 15.0 Å². The molecule has 0 bridgehead atoms. The molecule has 0 aliphatic carbocycles. The van der Waals surface area contributed by atoms with Gasteiger partial charge in [-0.1, -0.05) is 6.92 Å². The fourth-order valence-electron chi connectivity index (χ4n) is 3.16. The first-order valence-corrected chi connectivity index (χ1v) is 9.93. The lowest BCUT2D eigenvalue weighted by Gasteiger charge is -2.07. The summed E-state index contributed by atoms with van der Waals surface area (Å²) in [4.78, 5) is 14.0. The van der Waals surface area contributed by atoms with Gasteiger partial charge in [0, 0.05) is 5.56 Å². The van der Waals surface area contributed by atoms with Crippen molar-refractivity contribution in [3.8, 4) is 22.2 Å². The zero-order valence-electron chi connectivity index (χ0n) is 16.0. The van der Waals surface area contributed by atoms with Crippen molar-refractivity contribution in [2.75, 3.05) is 20.3 Å². The highest BCUT2D eigenvalue weighted by molar-refractivity contribution is 7.21. The van der Waals surface area contributed by atoms with Crippen molar-refractivity contribution in [1.29, 1.82) is 0 Å². The molecular formula is C21H21N3O3S. The predicted molar refractivity (Wildman–Crippen MR) is 111 cm³/mol. The molecule has 2 heterocycles. The largest absolute Gasteiger partial charge is 0.491 e. The van der Waals surface area contributed by atoms with Crippen LogP contribution < -0.4 is 9.47 Å². The van der Waals surface area contributed by atoms with Crippen LogP contribution >= 0.6 is 11.3 Å². The van der Waals surface area contributed by atoms with Gasteiger partial charge in [-0.05, 0) is 48.7 Å². The average molecular weight is 395 g/mol. The number of hydrogen-bond acceptors (Lipinski definition) is 7. The van der Waals surface area contributed by atoms with Crippen LogP contribution in [0.1, 0.15) is 18.1 Å². The zero-order valence-corrected chi connectivity index (χ0v) is 16.8. The first-order chi connectivity index (χ1) is 13.6. The van der Waals surface area contributed by atoms with Gasteiger partial charge in [-0.3, -0.25) is 0 Å². The van der Waals surface area contributed by atoms with Crippen molar-refractivity contribution >= 4 is 32.6 Å². The minimum atomic E-state index is -0.0110. The van der Waals surface area contributed by atoms with Gasteiger partial charge in [0.25, 0.3) is 0 Å². The monoisotopic (exact) mass is 395 g/mol. The Morgan fingerprint density at radius 1 is 1.11 bits per heavy atom. The van der Waals surface area contributed by atoms with Gasteiger partial charge in [0.1, 0.15) is 17.4 Å². The molecule has 0 aliphatic rings. The van der Waals surface area contributed by atoms with Gasteiger partial charge in [0.15, 0.2) is 0 Å². The van der Waals surface area contributed by atoms with E-state index in [9.17, 15) is 0 Å². The molecule has 0 unspecified atom stereocenters. The lowest BCUT2D eigenvalue weighted by Crippen LogP contribution is -2.01. The van der Waals surface area contributed by atoms with E-state index < -0.39 is 0 Å². The summed E-state index contributed by atoms with van der Waals surface area (Å²) in [6.07, 6.45) is 2.53. The number of aryl methyl sites for hydroxylation is 2. The smallest absolute Gasteiger partial charge is 0.232 e. The highest BCUT2D eigenvalue weighted by Gasteiger charge is 2.15. The lowest BCUT2D eigenvalue weighted by atomic mass is 10.1. The topological polar surface area (TPSA) is 77.4 Å². The quantitative estimate of drug-likeness (QED) is 0.528. The summed E-state index contributed by atoms with van der Waals surface area (Å²) in [6, 6.07) is 8.11. The zero-order chi connectivity index (χ0) is 19.7. The Balaban J connectivity index is 1.89. The van der Waals surface area contributed by atoms with E-state index in [1.165, 1.54) is 5.56 Å². The molecule has 144 valence electrons. The number of benzene rings is 2. The molecule has 0 saturated carbocycles. The van der Waals surface area contributed by atoms with Crippen LogP contribution in [-0.4, -0.2) is 40.4 Å². The standard InChI is InChI=1S/C21H21N3O3S/c1-4-13-8-15(20-16(9-13)23-18(26-3)11-22-20)21-24-19-12(2)7-14(27-6-5-25)10-17(19)28-21/h7-11,25H,4-6H2,1-3H3. The molecule has 0 aliphatic heterocycles. The van der Waals surface area contributed by atoms with Crippen molar-refractivity contribution < 1.29 is 14.6 Å². The van der Waals surface area contributed by atoms with E-state index >= 15 is 0 Å². The number of hydrogen-bond donors (Lipinski definition) is 1. The van der Waals surface area contributed by atoms with Crippen molar-refractivity contribution in [1.82, 2.24) is 15.0 Å². The third kappa shape index (κ3) is 3.39. The maximum Gasteiger partial charge on any atom is 0.232 e. The summed E-state index contributed by atoms with van der Waals surface area (Å²) in [5, 5.41) is 9.89. The summed E-state index contributed by atoms with van der Waals surface area (Å²) in [5.74, 6) is 1.24. The van der Waals surface area contributed by atoms with E-state index in [2.05, 4.69) is 23.0 Å². The van der Waals surface area contributed by atoms with Gasteiger partial charge in [-0.15, -0.1) is 11.3 Å². The first-order valence-electron chi connectivity index (χ1n) is 9.11. The molecule has 6 nitrogen and oxygen atoms in total. The van der Waals surface area contributed by atoms with Gasteiger partial charge in [0.2, 0.25) is 5.88 Å². The lowest BCUT2D eigenvalue weighted by molar-refractivity contribution is 0.201. The fourth-order valence-corrected chi connectivity index (χ4v) is 4.25. The highest BCUT2D eigenvalue weighted by Crippen LogP contribution is 2.37. The second-order valence-electron chi connectivity index (χ2n) is 6.46. The summed E-state index contributed by atoms with van der Waals surface area (Å²) in [5.41, 5.74) is 5.75. The fraction of sp³-hybridized carbons (Fsp3) is 0.286. The normalized spacial score (nSPS) is 11.3. The number of methoxy groups -OCH3 is 1. The molecule has 0 amide bonds. The molecule has 2 aromatic heterocycles. The molecule has 0 saturated heterocycles. The number of nitrogens with zero attached hydrogens (tertiary/aromatic N) is 3. The second kappa shape index (κ2) is 7.69. The Hall–Kier alpha value is -2.77. The SMILES string of the molecule is CCc1cc(-c2nc3c(C)cc(OCCO)cc3s2)c2ncc(OC)nc2c1. The highest BCUT2D eigenvalue weighted by atomic mass is 32.1. The number of rotatable bonds is 6. The molecule has 4 aromatic rings. The number of aliphatic hydroxyl groups is 1. The molecule has 0 spiro atoms. The third-order valence-corrected chi connectivity index (χ3v) is 5.59. The van der Waals surface area contributed by atoms with E-state index in [1.54, 1.807) is 24.6 Å². The summed E-state index contributed by atoms with van der Waals surface area (Å²) in [7, 11) is 1.59. The minimum absolute atomic E-state index is 0.0110. The molecule has 1 N–H and O–H groups in total. The van der Waals surface area contributed by atoms with Crippen LogP contribution in [-0.2, 0) is 6.42 Å². The molecular weight excluding hydrogens is 374 g/mol. The number of fused-ring (bicyclic) bond motifs is 2. The van der Waals surface area contributed by atoms with E-state index in [1.807, 2.05) is 25.1 Å². The first kappa shape index (κ1) is 18.6. The van der Waals surface area contributed by atoms with Crippen LogP contribution in [0.3, 0.4) is 0 Å². The summed E-state index contributed by atoms with van der Waals surface area (Å²) in [6.45, 7) is 4.40. The van der Waals surface area contributed by atoms with Gasteiger partial charge in [-0.2, -0.15) is 0 Å². The Morgan fingerprint density at radius 3 is 2.71 bits per heavy atom. The number of aromatic nitrogens is 3. The molecule has 0 fully saturated rings. The third-order valence-electron chi connectivity index (χ3n) is 4.55. The Kier molecular flexibility index (Phi) is 5.11. The van der Waals surface area contributed by atoms with Crippen LogP contribution in [0.5, 0.6) is 11.6 Å². The summed E-state index contributed by atoms with van der Waals surface area (Å²) < 4.78 is 11.9. The second-order valence-corrected chi connectivity index (χ2v) is 7.49. The molecule has 0 radical (unpaired) electrons. The Morgan fingerprint density at radius 2 is 1.96 bits per heavy atom. The van der Waals surface area contributed by atoms with Crippen LogP contribution in [0.25, 0.3) is 31.8 Å². The molecule has 7 heteroatoms. The van der Waals surface area contributed by atoms with Crippen molar-refractivity contribution in [2.24, 2.45) is 0 Å². The van der Waals surface area contributed by atoms with E-state index in [0.717, 1.165) is 49.6 Å². The Bertz CT molecular complexity index is 1150.